The summed E-state index contributed by atoms with van der Waals surface area (Å²) in [6.07, 6.45) is 7.73. The fraction of sp³-hybridized carbons (Fsp3) is 0.250. The van der Waals surface area contributed by atoms with Gasteiger partial charge in [0, 0.05) is 17.7 Å². The maximum Gasteiger partial charge on any atom is 0.190 e. The number of aromatic hydroxyl groups is 1. The molecule has 3 N–H and O–H groups in total. The van der Waals surface area contributed by atoms with Crippen molar-refractivity contribution in [1.82, 2.24) is 14.7 Å². The number of pyridine rings is 1. The van der Waals surface area contributed by atoms with E-state index in [0.717, 1.165) is 36.0 Å². The maximum absolute atomic E-state index is 9.59. The molecule has 0 saturated carbocycles. The normalized spacial score (nSPS) is 17.5. The first-order valence-corrected chi connectivity index (χ1v) is 10.2. The van der Waals surface area contributed by atoms with Gasteiger partial charge in [0.15, 0.2) is 5.88 Å². The number of fused-ring (bicyclic) bond motifs is 1. The molecule has 4 rings (SSSR count). The molecule has 1 aromatic carbocycles. The third kappa shape index (κ3) is 3.47. The average molecular weight is 386 g/mol. The smallest absolute Gasteiger partial charge is 0.190 e. The first-order chi connectivity index (χ1) is 12.6. The summed E-state index contributed by atoms with van der Waals surface area (Å²) in [6.45, 7) is 0. The minimum atomic E-state index is 0.0922. The largest absolute Gasteiger partial charge is 0.495 e. The third-order valence-electron chi connectivity index (χ3n) is 4.77. The second-order valence-corrected chi connectivity index (χ2v) is 7.56. The van der Waals surface area contributed by atoms with Crippen molar-refractivity contribution < 1.29 is 5.11 Å². The molecule has 0 aliphatic heterocycles. The van der Waals surface area contributed by atoms with Crippen LogP contribution in [-0.2, 0) is 0 Å². The third-order valence-corrected chi connectivity index (χ3v) is 5.62. The molecule has 0 fully saturated rings. The summed E-state index contributed by atoms with van der Waals surface area (Å²) in [6, 6.07) is 12.4. The van der Waals surface area contributed by atoms with Crippen LogP contribution in [-0.4, -0.2) is 27.4 Å². The van der Waals surface area contributed by atoms with Crippen molar-refractivity contribution in [3.63, 3.8) is 0 Å². The van der Waals surface area contributed by atoms with E-state index in [1.807, 2.05) is 0 Å². The van der Waals surface area contributed by atoms with Crippen LogP contribution in [0.2, 0.25) is 5.02 Å². The van der Waals surface area contributed by atoms with Crippen molar-refractivity contribution >= 4 is 40.2 Å². The molecular formula is C20H20ClN3OS. The van der Waals surface area contributed by atoms with Crippen LogP contribution in [0.15, 0.2) is 42.5 Å². The predicted octanol–water partition coefficient (Wildman–Crippen LogP) is 5.39. The minimum Gasteiger partial charge on any atom is -0.495 e. The monoisotopic (exact) mass is 385 g/mol. The van der Waals surface area contributed by atoms with Gasteiger partial charge >= 0.3 is 0 Å². The summed E-state index contributed by atoms with van der Waals surface area (Å²) in [5.74, 6) is 0.0922. The number of halogens is 1. The number of H-pyrrole nitrogens is 1. The number of nitrogens with zero attached hydrogens (tertiary/aromatic N) is 1. The van der Waals surface area contributed by atoms with E-state index in [1.165, 1.54) is 11.1 Å². The fourth-order valence-corrected chi connectivity index (χ4v) is 4.24. The first kappa shape index (κ1) is 17.5. The summed E-state index contributed by atoms with van der Waals surface area (Å²) in [5.41, 5.74) is 5.79. The van der Waals surface area contributed by atoms with Gasteiger partial charge in [-0.2, -0.15) is 0 Å². The molecule has 1 aliphatic carbocycles. The Balaban J connectivity index is 1.59. The highest BCUT2D eigenvalue weighted by atomic mass is 35.5. The Morgan fingerprint density at radius 2 is 2.00 bits per heavy atom. The van der Waals surface area contributed by atoms with Gasteiger partial charge in [-0.05, 0) is 42.7 Å². The number of hydrogen-bond donors (Lipinski definition) is 3. The highest BCUT2D eigenvalue weighted by Crippen LogP contribution is 2.33. The molecule has 0 saturated heterocycles. The highest BCUT2D eigenvalue weighted by Gasteiger charge is 2.15. The van der Waals surface area contributed by atoms with Crippen LogP contribution in [0.4, 0.5) is 0 Å². The molecule has 2 heterocycles. The van der Waals surface area contributed by atoms with Gasteiger partial charge in [0.2, 0.25) is 0 Å². The minimum absolute atomic E-state index is 0.0922. The Hall–Kier alpha value is -1.95. The van der Waals surface area contributed by atoms with Gasteiger partial charge in [-0.15, -0.1) is 0 Å². The van der Waals surface area contributed by atoms with Gasteiger partial charge in [0.05, 0.1) is 21.7 Å². The van der Waals surface area contributed by atoms with Crippen LogP contribution in [0.1, 0.15) is 24.8 Å². The number of allylic oxidation sites excluding steroid dienone is 1. The van der Waals surface area contributed by atoms with E-state index < -0.39 is 0 Å². The molecule has 3 aromatic rings. The zero-order valence-electron chi connectivity index (χ0n) is 14.4. The van der Waals surface area contributed by atoms with E-state index in [0.29, 0.717) is 16.6 Å². The van der Waals surface area contributed by atoms with Crippen molar-refractivity contribution in [3.8, 4) is 17.1 Å². The standard InChI is InChI=1S/C20H20ClN3OS/c1-26-24-15-8-6-13(7-9-15)12-2-4-14(5-3-12)20-16(21)10-17-18(23-20)11-19(25)22-17/h2-6,10-11,15,22,24-25H,7-9H2,1H3. The number of aromatic nitrogens is 2. The molecule has 0 amide bonds. The second-order valence-electron chi connectivity index (χ2n) is 6.51. The van der Waals surface area contributed by atoms with Gasteiger partial charge in [-0.25, -0.2) is 4.98 Å². The van der Waals surface area contributed by atoms with E-state index >= 15 is 0 Å². The SMILES string of the molecule is CSNC1CC=C(c2ccc(-c3nc4cc(O)[nH]c4cc3Cl)cc2)CC1. The molecule has 6 heteroatoms. The van der Waals surface area contributed by atoms with Crippen LogP contribution >= 0.6 is 23.5 Å². The topological polar surface area (TPSA) is 60.9 Å². The lowest BCUT2D eigenvalue weighted by Gasteiger charge is -2.22. The number of rotatable bonds is 4. The van der Waals surface area contributed by atoms with Gasteiger partial charge in [0.1, 0.15) is 0 Å². The zero-order valence-corrected chi connectivity index (χ0v) is 16.0. The molecule has 134 valence electrons. The fourth-order valence-electron chi connectivity index (χ4n) is 3.43. The quantitative estimate of drug-likeness (QED) is 0.527. The van der Waals surface area contributed by atoms with Crippen LogP contribution in [0, 0.1) is 0 Å². The Morgan fingerprint density at radius 3 is 2.69 bits per heavy atom. The van der Waals surface area contributed by atoms with Crippen LogP contribution < -0.4 is 4.72 Å². The lowest BCUT2D eigenvalue weighted by Crippen LogP contribution is -2.24. The molecule has 1 aliphatic rings. The summed E-state index contributed by atoms with van der Waals surface area (Å²) < 4.78 is 3.44. The van der Waals surface area contributed by atoms with Crippen LogP contribution in [0.25, 0.3) is 27.9 Å². The van der Waals surface area contributed by atoms with Crippen molar-refractivity contribution in [2.24, 2.45) is 0 Å². The van der Waals surface area contributed by atoms with E-state index in [1.54, 1.807) is 24.1 Å². The number of nitrogens with one attached hydrogen (secondary N) is 2. The average Bonchev–Trinajstić information content (AvgIpc) is 3.01. The van der Waals surface area contributed by atoms with E-state index in [2.05, 4.69) is 51.3 Å². The van der Waals surface area contributed by atoms with Crippen molar-refractivity contribution in [3.05, 3.63) is 53.1 Å². The van der Waals surface area contributed by atoms with Gasteiger partial charge < -0.3 is 10.1 Å². The van der Waals surface area contributed by atoms with Crippen molar-refractivity contribution in [2.45, 2.75) is 25.3 Å². The number of aromatic amines is 1. The molecule has 0 radical (unpaired) electrons. The van der Waals surface area contributed by atoms with E-state index in [4.69, 9.17) is 11.6 Å². The number of benzene rings is 1. The Bertz CT molecular complexity index is 965. The predicted molar refractivity (Wildman–Crippen MR) is 110 cm³/mol. The van der Waals surface area contributed by atoms with Crippen LogP contribution in [0.5, 0.6) is 5.88 Å². The molecule has 0 bridgehead atoms. The highest BCUT2D eigenvalue weighted by molar-refractivity contribution is 7.96. The molecule has 0 spiro atoms. The van der Waals surface area contributed by atoms with E-state index in [9.17, 15) is 5.11 Å². The van der Waals surface area contributed by atoms with E-state index in [-0.39, 0.29) is 5.88 Å². The molecule has 2 aromatic heterocycles. The molecule has 4 nitrogen and oxygen atoms in total. The second kappa shape index (κ2) is 7.35. The first-order valence-electron chi connectivity index (χ1n) is 8.60. The summed E-state index contributed by atoms with van der Waals surface area (Å²) in [5, 5.41) is 10.2. The Morgan fingerprint density at radius 1 is 1.23 bits per heavy atom. The molecular weight excluding hydrogens is 366 g/mol. The van der Waals surface area contributed by atoms with Gasteiger partial charge in [0.25, 0.3) is 0 Å². The Labute approximate surface area is 161 Å². The Kier molecular flexibility index (Phi) is 4.94. The maximum atomic E-state index is 9.59. The lowest BCUT2D eigenvalue weighted by molar-refractivity contribution is 0.458. The van der Waals surface area contributed by atoms with Crippen molar-refractivity contribution in [1.29, 1.82) is 0 Å². The van der Waals surface area contributed by atoms with Gasteiger partial charge in [-0.3, -0.25) is 4.72 Å². The zero-order chi connectivity index (χ0) is 18.1. The van der Waals surface area contributed by atoms with Gasteiger partial charge in [-0.1, -0.05) is 53.9 Å². The molecule has 1 unspecified atom stereocenters. The number of hydrogen-bond acceptors (Lipinski definition) is 4. The molecule has 26 heavy (non-hydrogen) atoms. The molecule has 1 atom stereocenters. The summed E-state index contributed by atoms with van der Waals surface area (Å²) in [4.78, 5) is 7.43. The van der Waals surface area contributed by atoms with Crippen molar-refractivity contribution in [2.75, 3.05) is 6.26 Å². The van der Waals surface area contributed by atoms with Crippen LogP contribution in [0.3, 0.4) is 0 Å². The summed E-state index contributed by atoms with van der Waals surface area (Å²) >= 11 is 8.09. The lowest BCUT2D eigenvalue weighted by atomic mass is 9.90. The summed E-state index contributed by atoms with van der Waals surface area (Å²) in [7, 11) is 0.